The van der Waals surface area contributed by atoms with Gasteiger partial charge in [0.05, 0.1) is 31.1 Å². The molecule has 1 saturated carbocycles. The van der Waals surface area contributed by atoms with Gasteiger partial charge in [-0.1, -0.05) is 37.5 Å². The summed E-state index contributed by atoms with van der Waals surface area (Å²) in [4.78, 5) is 21.1. The van der Waals surface area contributed by atoms with Crippen LogP contribution in [0.4, 0.5) is 0 Å². The van der Waals surface area contributed by atoms with Crippen molar-refractivity contribution in [2.45, 2.75) is 76.7 Å². The van der Waals surface area contributed by atoms with E-state index < -0.39 is 0 Å². The molecule has 222 valence electrons. The zero-order valence-electron chi connectivity index (χ0n) is 24.8. The molecule has 4 bridgehead atoms. The maximum absolute atomic E-state index is 13.9. The fraction of sp³-hybridized carbons (Fsp3) is 0.441. The van der Waals surface area contributed by atoms with Crippen LogP contribution < -0.4 is 10.5 Å². The molecule has 8 rings (SSSR count). The number of ether oxygens (including phenoxy) is 1. The van der Waals surface area contributed by atoms with Gasteiger partial charge in [-0.3, -0.25) is 9.48 Å². The number of rotatable bonds is 2. The molecule has 43 heavy (non-hydrogen) atoms. The van der Waals surface area contributed by atoms with E-state index in [1.165, 1.54) is 30.2 Å². The maximum atomic E-state index is 13.9. The van der Waals surface area contributed by atoms with Gasteiger partial charge in [-0.2, -0.15) is 5.10 Å². The first-order valence-corrected chi connectivity index (χ1v) is 15.8. The summed E-state index contributed by atoms with van der Waals surface area (Å²) in [7, 11) is 1.68. The minimum absolute atomic E-state index is 0.0174. The molecular formula is C34H39N7O2. The standard InChI is InChI=1S/C34H39N7O2/c1-43-30-17-25(34(42)40-21-24-11-12-28(40)31(24)35)15-26-32(30)41-20-22-18-36-38(19-22)13-7-3-2-4-8-14-39-27-10-6-5-9-23(27)16-29(39)33(41)37-26/h5-6,9-10,15-19,24,28,31H,2-4,7-8,11-14,20-21,35H2,1H3/t24?,28?,31-/m1/s1. The number of para-hydroxylation sites is 1. The second kappa shape index (κ2) is 10.6. The molecule has 2 unspecified atom stereocenters. The van der Waals surface area contributed by atoms with Gasteiger partial charge in [-0.05, 0) is 55.9 Å². The molecule has 2 aliphatic heterocycles. The molecule has 5 aromatic rings. The zero-order valence-corrected chi connectivity index (χ0v) is 24.8. The molecule has 0 spiro atoms. The van der Waals surface area contributed by atoms with Crippen LogP contribution in [0.15, 0.2) is 54.9 Å². The van der Waals surface area contributed by atoms with Gasteiger partial charge >= 0.3 is 0 Å². The third-order valence-electron chi connectivity index (χ3n) is 10.0. The molecular weight excluding hydrogens is 538 g/mol. The topological polar surface area (TPSA) is 96.1 Å². The van der Waals surface area contributed by atoms with Crippen LogP contribution >= 0.6 is 0 Å². The summed E-state index contributed by atoms with van der Waals surface area (Å²) >= 11 is 0. The summed E-state index contributed by atoms with van der Waals surface area (Å²) in [6.45, 7) is 3.19. The number of hydrogen-bond acceptors (Lipinski definition) is 5. The highest BCUT2D eigenvalue weighted by Crippen LogP contribution is 2.40. The first-order valence-electron chi connectivity index (χ1n) is 15.8. The Morgan fingerprint density at radius 1 is 1.00 bits per heavy atom. The van der Waals surface area contributed by atoms with Crippen LogP contribution in [0.5, 0.6) is 5.75 Å². The molecule has 9 nitrogen and oxygen atoms in total. The summed E-state index contributed by atoms with van der Waals surface area (Å²) < 4.78 is 12.8. The summed E-state index contributed by atoms with van der Waals surface area (Å²) in [6, 6.07) is 14.9. The van der Waals surface area contributed by atoms with Crippen molar-refractivity contribution in [3.63, 3.8) is 0 Å². The fourth-order valence-corrected chi connectivity index (χ4v) is 7.81. The molecule has 1 saturated heterocycles. The van der Waals surface area contributed by atoms with E-state index in [2.05, 4.69) is 55.4 Å². The number of benzene rings is 2. The SMILES string of the molecule is COc1cc(C(=O)N2CC3CCC2[C@@H]3N)cc2nc3n(c12)Cc1cnn(c1)CCCCCCCn1c-3cc2ccccc21. The van der Waals surface area contributed by atoms with E-state index in [1.807, 2.05) is 23.2 Å². The Bertz CT molecular complexity index is 1830. The Morgan fingerprint density at radius 3 is 2.65 bits per heavy atom. The van der Waals surface area contributed by atoms with Crippen molar-refractivity contribution >= 4 is 27.8 Å². The summed E-state index contributed by atoms with van der Waals surface area (Å²) in [5.41, 5.74) is 12.1. The summed E-state index contributed by atoms with van der Waals surface area (Å²) in [5.74, 6) is 1.94. The Balaban J connectivity index is 1.31. The van der Waals surface area contributed by atoms with Crippen molar-refractivity contribution in [3.8, 4) is 17.3 Å². The van der Waals surface area contributed by atoms with E-state index in [9.17, 15) is 4.79 Å². The first-order chi connectivity index (χ1) is 21.1. The number of hydrogen-bond donors (Lipinski definition) is 1. The van der Waals surface area contributed by atoms with Gasteiger partial charge in [0, 0.05) is 59.9 Å². The molecule has 0 radical (unpaired) electrons. The fourth-order valence-electron chi connectivity index (χ4n) is 7.81. The van der Waals surface area contributed by atoms with Gasteiger partial charge in [-0.15, -0.1) is 0 Å². The molecule has 2 aromatic carbocycles. The predicted molar refractivity (Wildman–Crippen MR) is 167 cm³/mol. The Labute approximate surface area is 251 Å². The molecule has 3 atom stereocenters. The smallest absolute Gasteiger partial charge is 0.254 e. The van der Waals surface area contributed by atoms with Crippen molar-refractivity contribution in [2.24, 2.45) is 11.7 Å². The number of imidazole rings is 1. The molecule has 2 fully saturated rings. The quantitative estimate of drug-likeness (QED) is 0.302. The average Bonchev–Trinajstić information content (AvgIpc) is 3.85. The molecule has 5 heterocycles. The van der Waals surface area contributed by atoms with E-state index in [4.69, 9.17) is 15.5 Å². The van der Waals surface area contributed by atoms with Gasteiger partial charge in [-0.25, -0.2) is 4.98 Å². The van der Waals surface area contributed by atoms with Gasteiger partial charge in [0.25, 0.3) is 5.91 Å². The van der Waals surface area contributed by atoms with Crippen molar-refractivity contribution in [1.29, 1.82) is 0 Å². The molecule has 2 N–H and O–H groups in total. The molecule has 1 amide bonds. The van der Waals surface area contributed by atoms with E-state index in [1.54, 1.807) is 7.11 Å². The number of nitrogens with zero attached hydrogens (tertiary/aromatic N) is 6. The van der Waals surface area contributed by atoms with Crippen LogP contribution in [0, 0.1) is 5.92 Å². The third-order valence-corrected chi connectivity index (χ3v) is 10.0. The van der Waals surface area contributed by atoms with Gasteiger partial charge in [0.1, 0.15) is 11.3 Å². The van der Waals surface area contributed by atoms with Crippen LogP contribution in [0.2, 0.25) is 0 Å². The van der Waals surface area contributed by atoms with E-state index in [0.29, 0.717) is 23.8 Å². The van der Waals surface area contributed by atoms with Crippen LogP contribution in [0.1, 0.15) is 60.9 Å². The van der Waals surface area contributed by atoms with Gasteiger partial charge in [0.15, 0.2) is 5.82 Å². The number of fused-ring (bicyclic) bond motifs is 11. The van der Waals surface area contributed by atoms with E-state index >= 15 is 0 Å². The van der Waals surface area contributed by atoms with E-state index in [-0.39, 0.29) is 18.0 Å². The lowest BCUT2D eigenvalue weighted by Crippen LogP contribution is -2.41. The highest BCUT2D eigenvalue weighted by atomic mass is 16.5. The minimum Gasteiger partial charge on any atom is -0.494 e. The summed E-state index contributed by atoms with van der Waals surface area (Å²) in [5, 5.41) is 5.88. The Morgan fingerprint density at radius 2 is 1.84 bits per heavy atom. The normalized spacial score (nSPS) is 22.4. The number of likely N-dealkylation sites (tertiary alicyclic amines) is 1. The Kier molecular flexibility index (Phi) is 6.51. The van der Waals surface area contributed by atoms with Crippen LogP contribution in [-0.2, 0) is 19.6 Å². The number of aromatic nitrogens is 5. The van der Waals surface area contributed by atoms with Crippen molar-refractivity contribution in [2.75, 3.05) is 13.7 Å². The van der Waals surface area contributed by atoms with E-state index in [0.717, 1.165) is 73.4 Å². The van der Waals surface area contributed by atoms with Gasteiger partial charge in [0.2, 0.25) is 0 Å². The van der Waals surface area contributed by atoms with Crippen molar-refractivity contribution < 1.29 is 9.53 Å². The Hall–Kier alpha value is -4.11. The minimum atomic E-state index is 0.0174. The third kappa shape index (κ3) is 4.44. The second-order valence-electron chi connectivity index (χ2n) is 12.6. The number of carbonyl (C=O) groups excluding carboxylic acids is 1. The van der Waals surface area contributed by atoms with Crippen LogP contribution in [0.25, 0.3) is 33.5 Å². The van der Waals surface area contributed by atoms with Crippen molar-refractivity contribution in [1.82, 2.24) is 28.8 Å². The molecule has 9 heteroatoms. The lowest BCUT2D eigenvalue weighted by molar-refractivity contribution is 0.0700. The van der Waals surface area contributed by atoms with Gasteiger partial charge < -0.3 is 24.5 Å². The second-order valence-corrected chi connectivity index (χ2v) is 12.6. The zero-order chi connectivity index (χ0) is 29.1. The number of aryl methyl sites for hydroxylation is 2. The lowest BCUT2D eigenvalue weighted by Gasteiger charge is -2.27. The lowest BCUT2D eigenvalue weighted by atomic mass is 10.1. The predicted octanol–water partition coefficient (Wildman–Crippen LogP) is 5.44. The van der Waals surface area contributed by atoms with Crippen molar-refractivity contribution in [3.05, 3.63) is 66.0 Å². The first kappa shape index (κ1) is 26.5. The maximum Gasteiger partial charge on any atom is 0.254 e. The summed E-state index contributed by atoms with van der Waals surface area (Å²) in [6.07, 6.45) is 12.1. The molecule has 3 aromatic heterocycles. The monoisotopic (exact) mass is 577 g/mol. The number of methoxy groups -OCH3 is 1. The average molecular weight is 578 g/mol. The largest absolute Gasteiger partial charge is 0.494 e. The van der Waals surface area contributed by atoms with Crippen LogP contribution in [0.3, 0.4) is 0 Å². The highest BCUT2D eigenvalue weighted by Gasteiger charge is 2.47. The number of piperidine rings is 1. The number of amides is 1. The number of nitrogens with two attached hydrogens (primary N) is 1. The molecule has 1 aliphatic carbocycles. The highest BCUT2D eigenvalue weighted by molar-refractivity contribution is 6.00. The van der Waals surface area contributed by atoms with Crippen LogP contribution in [-0.4, -0.2) is 60.4 Å². The number of carbonyl (C=O) groups is 1. The molecule has 3 aliphatic rings.